The molecule has 13 heteroatoms. The molecular weight excluding hydrogens is 576 g/mol. The molecule has 2 aromatic rings. The smallest absolute Gasteiger partial charge is 0.408 e. The number of carbonyl (C=O) groups excluding carboxylic acids is 2. The molecule has 45 heavy (non-hydrogen) atoms. The van der Waals surface area contributed by atoms with E-state index in [0.717, 1.165) is 51.0 Å². The molecule has 2 aromatic heterocycles. The van der Waals surface area contributed by atoms with E-state index in [4.69, 9.17) is 14.0 Å². The number of amides is 2. The van der Waals surface area contributed by atoms with Crippen LogP contribution in [-0.4, -0.2) is 94.0 Å². The predicted octanol–water partition coefficient (Wildman–Crippen LogP) is 4.40. The van der Waals surface area contributed by atoms with Gasteiger partial charge in [0.15, 0.2) is 11.6 Å². The molecule has 0 spiro atoms. The van der Waals surface area contributed by atoms with Gasteiger partial charge >= 0.3 is 12.1 Å². The van der Waals surface area contributed by atoms with Crippen LogP contribution in [-0.2, 0) is 9.53 Å². The van der Waals surface area contributed by atoms with Crippen molar-refractivity contribution in [2.24, 2.45) is 11.8 Å². The van der Waals surface area contributed by atoms with Gasteiger partial charge in [-0.25, -0.2) is 14.8 Å². The van der Waals surface area contributed by atoms with Crippen LogP contribution in [0.2, 0.25) is 0 Å². The third kappa shape index (κ3) is 8.55. The van der Waals surface area contributed by atoms with Crippen LogP contribution in [0, 0.1) is 11.8 Å². The molecule has 3 aliphatic rings. The second-order valence-electron chi connectivity index (χ2n) is 14.0. The lowest BCUT2D eigenvalue weighted by molar-refractivity contribution is -0.135. The average Bonchev–Trinajstić information content (AvgIpc) is 3.65. The molecule has 3 fully saturated rings. The minimum absolute atomic E-state index is 0.126. The van der Waals surface area contributed by atoms with E-state index in [0.29, 0.717) is 62.2 Å². The first kappa shape index (κ1) is 32.7. The Kier molecular flexibility index (Phi) is 10.3. The van der Waals surface area contributed by atoms with E-state index in [-0.39, 0.29) is 23.9 Å². The van der Waals surface area contributed by atoms with Gasteiger partial charge < -0.3 is 34.0 Å². The Morgan fingerprint density at radius 3 is 2.44 bits per heavy atom. The number of rotatable bonds is 10. The summed E-state index contributed by atoms with van der Waals surface area (Å²) in [4.78, 5) is 45.3. The SMILES string of the molecule is CC(C)c1noc(N2CCC([C@H](C)CCOc3cnc(N4C[C@H](NC(=O)OC(C)(C)C)[C@@H](N5CCCCC5=O)C4)nc3)CC2)n1. The molecule has 0 bridgehead atoms. The molecule has 3 saturated heterocycles. The van der Waals surface area contributed by atoms with E-state index in [1.54, 1.807) is 12.4 Å². The molecule has 0 radical (unpaired) electrons. The largest absolute Gasteiger partial charge is 0.490 e. The molecule has 5 rings (SSSR count). The Bertz CT molecular complexity index is 1270. The molecule has 3 aliphatic heterocycles. The van der Waals surface area contributed by atoms with Gasteiger partial charge in [0.2, 0.25) is 11.9 Å². The van der Waals surface area contributed by atoms with Gasteiger partial charge in [-0.1, -0.05) is 25.9 Å². The molecule has 0 aliphatic carbocycles. The number of aromatic nitrogens is 4. The van der Waals surface area contributed by atoms with Crippen molar-refractivity contribution in [1.29, 1.82) is 0 Å². The minimum atomic E-state index is -0.610. The maximum absolute atomic E-state index is 12.8. The second kappa shape index (κ2) is 14.2. The zero-order chi connectivity index (χ0) is 32.1. The number of alkyl carbamates (subject to hydrolysis) is 1. The highest BCUT2D eigenvalue weighted by molar-refractivity contribution is 5.78. The van der Waals surface area contributed by atoms with Crippen LogP contribution in [0.15, 0.2) is 16.9 Å². The van der Waals surface area contributed by atoms with E-state index in [9.17, 15) is 9.59 Å². The highest BCUT2D eigenvalue weighted by Crippen LogP contribution is 2.30. The summed E-state index contributed by atoms with van der Waals surface area (Å²) in [6, 6.07) is 0.165. The van der Waals surface area contributed by atoms with Gasteiger partial charge in [-0.05, 0) is 64.7 Å². The van der Waals surface area contributed by atoms with Crippen LogP contribution in [0.1, 0.15) is 91.8 Å². The highest BCUT2D eigenvalue weighted by Gasteiger charge is 2.41. The summed E-state index contributed by atoms with van der Waals surface area (Å²) < 4.78 is 17.0. The fraction of sp³-hybridized carbons (Fsp3) is 0.750. The van der Waals surface area contributed by atoms with Gasteiger partial charge in [-0.2, -0.15) is 4.98 Å². The molecule has 0 aromatic carbocycles. The topological polar surface area (TPSA) is 139 Å². The number of likely N-dealkylation sites (tertiary alicyclic amines) is 1. The molecular formula is C32H50N8O5. The van der Waals surface area contributed by atoms with Crippen molar-refractivity contribution in [2.45, 2.75) is 104 Å². The van der Waals surface area contributed by atoms with Gasteiger partial charge in [0, 0.05) is 45.1 Å². The van der Waals surface area contributed by atoms with Crippen LogP contribution in [0.25, 0.3) is 0 Å². The molecule has 1 N–H and O–H groups in total. The lowest BCUT2D eigenvalue weighted by Crippen LogP contribution is -2.54. The molecule has 0 saturated carbocycles. The van der Waals surface area contributed by atoms with Gasteiger partial charge in [0.05, 0.1) is 31.1 Å². The highest BCUT2D eigenvalue weighted by atomic mass is 16.6. The molecule has 0 unspecified atom stereocenters. The maximum Gasteiger partial charge on any atom is 0.408 e. The van der Waals surface area contributed by atoms with Crippen molar-refractivity contribution < 1.29 is 23.6 Å². The number of hydrogen-bond donors (Lipinski definition) is 1. The van der Waals surface area contributed by atoms with E-state index >= 15 is 0 Å². The number of nitrogens with one attached hydrogen (secondary N) is 1. The van der Waals surface area contributed by atoms with Crippen molar-refractivity contribution in [2.75, 3.05) is 49.1 Å². The minimum Gasteiger partial charge on any atom is -0.490 e. The summed E-state index contributed by atoms with van der Waals surface area (Å²) in [6.45, 7) is 16.1. The normalized spacial score (nSPS) is 22.2. The first-order valence-corrected chi connectivity index (χ1v) is 16.5. The lowest BCUT2D eigenvalue weighted by atomic mass is 9.84. The Hall–Kier alpha value is -3.64. The van der Waals surface area contributed by atoms with Crippen LogP contribution < -0.4 is 19.9 Å². The van der Waals surface area contributed by atoms with E-state index in [1.165, 1.54) is 0 Å². The number of nitrogens with zero attached hydrogens (tertiary/aromatic N) is 7. The summed E-state index contributed by atoms with van der Waals surface area (Å²) in [5, 5.41) is 7.11. The van der Waals surface area contributed by atoms with E-state index < -0.39 is 11.7 Å². The van der Waals surface area contributed by atoms with E-state index in [2.05, 4.69) is 51.1 Å². The quantitative estimate of drug-likeness (QED) is 0.401. The number of piperidine rings is 2. The van der Waals surface area contributed by atoms with Crippen LogP contribution >= 0.6 is 0 Å². The van der Waals surface area contributed by atoms with Gasteiger partial charge in [0.25, 0.3) is 0 Å². The number of ether oxygens (including phenoxy) is 2. The lowest BCUT2D eigenvalue weighted by Gasteiger charge is -2.35. The average molecular weight is 627 g/mol. The fourth-order valence-electron chi connectivity index (χ4n) is 6.44. The number of carbonyl (C=O) groups is 2. The molecule has 13 nitrogen and oxygen atoms in total. The van der Waals surface area contributed by atoms with Crippen LogP contribution in [0.4, 0.5) is 16.8 Å². The Morgan fingerprint density at radius 2 is 1.80 bits per heavy atom. The summed E-state index contributed by atoms with van der Waals surface area (Å²) in [5.74, 6) is 3.46. The maximum atomic E-state index is 12.8. The first-order valence-electron chi connectivity index (χ1n) is 16.5. The van der Waals surface area contributed by atoms with Crippen LogP contribution in [0.5, 0.6) is 5.75 Å². The van der Waals surface area contributed by atoms with Gasteiger partial charge in [-0.15, -0.1) is 0 Å². The molecule has 3 atom stereocenters. The zero-order valence-electron chi connectivity index (χ0n) is 27.7. The van der Waals surface area contributed by atoms with Crippen molar-refractivity contribution in [3.8, 4) is 5.75 Å². The number of anilines is 2. The van der Waals surface area contributed by atoms with Crippen molar-refractivity contribution >= 4 is 24.0 Å². The van der Waals surface area contributed by atoms with Crippen LogP contribution in [0.3, 0.4) is 0 Å². The zero-order valence-corrected chi connectivity index (χ0v) is 27.7. The monoisotopic (exact) mass is 626 g/mol. The van der Waals surface area contributed by atoms with Crippen molar-refractivity contribution in [3.05, 3.63) is 18.2 Å². The van der Waals surface area contributed by atoms with E-state index in [1.807, 2.05) is 30.6 Å². The molecule has 248 valence electrons. The van der Waals surface area contributed by atoms with Gasteiger partial charge in [0.1, 0.15) is 5.60 Å². The second-order valence-corrected chi connectivity index (χ2v) is 14.0. The fourth-order valence-corrected chi connectivity index (χ4v) is 6.44. The summed E-state index contributed by atoms with van der Waals surface area (Å²) >= 11 is 0. The van der Waals surface area contributed by atoms with Gasteiger partial charge in [-0.3, -0.25) is 4.79 Å². The summed E-state index contributed by atoms with van der Waals surface area (Å²) in [6.07, 6.45) is 8.44. The summed E-state index contributed by atoms with van der Waals surface area (Å²) in [5.41, 5.74) is -0.610. The predicted molar refractivity (Wildman–Crippen MR) is 169 cm³/mol. The molecule has 2 amide bonds. The first-order chi connectivity index (χ1) is 21.5. The summed E-state index contributed by atoms with van der Waals surface area (Å²) in [7, 11) is 0. The Balaban J connectivity index is 1.10. The molecule has 5 heterocycles. The Morgan fingerprint density at radius 1 is 1.07 bits per heavy atom. The number of hydrogen-bond acceptors (Lipinski definition) is 11. The third-order valence-corrected chi connectivity index (χ3v) is 9.05. The van der Waals surface area contributed by atoms with Crippen molar-refractivity contribution in [3.63, 3.8) is 0 Å². The Labute approximate surface area is 266 Å². The third-order valence-electron chi connectivity index (χ3n) is 9.05. The standard InChI is InChI=1S/C32H50N8O5/c1-21(2)28-36-30(45-37-28)38-14-10-23(11-15-38)22(3)12-16-43-24-17-33-29(34-18-24)39-19-25(35-31(42)44-32(4,5)6)26(20-39)40-13-8-7-9-27(40)41/h17-18,21-23,25-26H,7-16,19-20H2,1-6H3,(H,35,42)/t22-,25+,26+/m1/s1. The van der Waals surface area contributed by atoms with Crippen molar-refractivity contribution in [1.82, 2.24) is 30.3 Å².